The smallest absolute Gasteiger partial charge is 0.367 e. The summed E-state index contributed by atoms with van der Waals surface area (Å²) < 4.78 is 76.6. The molecule has 0 radical (unpaired) electrons. The number of hydrogen-bond acceptors (Lipinski definition) is 18. The molecule has 0 aliphatic heterocycles. The predicted molar refractivity (Wildman–Crippen MR) is 136 cm³/mol. The second kappa shape index (κ2) is 17.7. The topological polar surface area (TPSA) is 222 Å². The van der Waals surface area contributed by atoms with Gasteiger partial charge >= 0.3 is 10.4 Å². The van der Waals surface area contributed by atoms with Crippen LogP contribution in [0.3, 0.4) is 0 Å². The van der Waals surface area contributed by atoms with E-state index in [4.69, 9.17) is 23.4 Å². The summed E-state index contributed by atoms with van der Waals surface area (Å²) in [5.41, 5.74) is 1.63. The van der Waals surface area contributed by atoms with Crippen LogP contribution < -0.4 is 4.90 Å². The van der Waals surface area contributed by atoms with E-state index in [0.29, 0.717) is 49.1 Å². The first-order valence-corrected chi connectivity index (χ1v) is 14.7. The average molecular weight is 634 g/mol. The number of rotatable bonds is 20. The Hall–Kier alpha value is -1.96. The Bertz CT molecular complexity index is 1200. The fraction of sp³-hybridized carbons (Fsp3) is 0.333. The molecular formula is C18H23N3O14S4. The van der Waals surface area contributed by atoms with Gasteiger partial charge in [0, 0.05) is 18.8 Å². The lowest BCUT2D eigenvalue weighted by Gasteiger charge is -2.24. The van der Waals surface area contributed by atoms with E-state index >= 15 is 0 Å². The molecule has 2 aromatic carbocycles. The molecule has 0 heterocycles. The minimum Gasteiger partial charge on any atom is -0.367 e. The SMILES string of the molecule is O=S(=O)(O)OCCS(=O)(=O)c1ccc(N=Nc2ccc(N(CCOSOOO)CCOSOOO)cc2)cc1. The van der Waals surface area contributed by atoms with Crippen LogP contribution in [0.1, 0.15) is 0 Å². The quantitative estimate of drug-likeness (QED) is 0.0474. The maximum Gasteiger partial charge on any atom is 0.397 e. The molecule has 0 unspecified atom stereocenters. The van der Waals surface area contributed by atoms with Gasteiger partial charge in [0.25, 0.3) is 0 Å². The van der Waals surface area contributed by atoms with Crippen molar-refractivity contribution < 1.29 is 63.2 Å². The van der Waals surface area contributed by atoms with Crippen LogP contribution in [0.4, 0.5) is 17.1 Å². The van der Waals surface area contributed by atoms with Gasteiger partial charge in [-0.1, -0.05) is 10.1 Å². The van der Waals surface area contributed by atoms with Gasteiger partial charge in [0.2, 0.25) is 0 Å². The van der Waals surface area contributed by atoms with Crippen LogP contribution in [0.5, 0.6) is 0 Å². The third-order valence-corrected chi connectivity index (χ3v) is 7.30. The molecule has 17 nitrogen and oxygen atoms in total. The van der Waals surface area contributed by atoms with E-state index in [1.165, 1.54) is 24.3 Å². The van der Waals surface area contributed by atoms with Crippen molar-refractivity contribution in [1.29, 1.82) is 0 Å². The Morgan fingerprint density at radius 3 is 1.69 bits per heavy atom. The molecular weight excluding hydrogens is 610 g/mol. The van der Waals surface area contributed by atoms with E-state index < -0.39 is 32.6 Å². The lowest BCUT2D eigenvalue weighted by Crippen LogP contribution is -2.30. The van der Waals surface area contributed by atoms with Crippen molar-refractivity contribution in [3.8, 4) is 0 Å². The summed E-state index contributed by atoms with van der Waals surface area (Å²) in [6.45, 7) is 0.390. The van der Waals surface area contributed by atoms with E-state index in [0.717, 1.165) is 5.69 Å². The lowest BCUT2D eigenvalue weighted by molar-refractivity contribution is -0.434. The highest BCUT2D eigenvalue weighted by Crippen LogP contribution is 2.24. The summed E-state index contributed by atoms with van der Waals surface area (Å²) in [6, 6.07) is 12.3. The molecule has 2 rings (SSSR count). The first kappa shape index (κ1) is 33.2. The van der Waals surface area contributed by atoms with Gasteiger partial charge in [-0.25, -0.2) is 23.1 Å². The predicted octanol–water partition coefficient (Wildman–Crippen LogP) is 3.50. The molecule has 21 heteroatoms. The Labute approximate surface area is 232 Å². The Morgan fingerprint density at radius 2 is 1.23 bits per heavy atom. The number of sulfone groups is 1. The second-order valence-electron chi connectivity index (χ2n) is 6.83. The third-order valence-electron chi connectivity index (χ3n) is 4.38. The molecule has 0 spiro atoms. The Kier molecular flexibility index (Phi) is 15.1. The highest BCUT2D eigenvalue weighted by Gasteiger charge is 2.16. The van der Waals surface area contributed by atoms with Crippen molar-refractivity contribution >= 4 is 61.9 Å². The summed E-state index contributed by atoms with van der Waals surface area (Å²) in [6.07, 6.45) is 0. The van der Waals surface area contributed by atoms with Crippen LogP contribution >= 0.6 is 24.6 Å². The van der Waals surface area contributed by atoms with Crippen LogP contribution in [-0.2, 0) is 51.5 Å². The standard InChI is InChI=1S/C18H23N3O14S4/c22-32-34-36-29-11-9-21(10-12-30-37-35-33-23)17-5-1-15(2-6-17)19-20-16-3-7-18(8-4-16)38(24,25)14-13-31-39(26,27)28/h1-8,22-23H,9-14H2,(H,26,27,28). The maximum atomic E-state index is 12.2. The largest absolute Gasteiger partial charge is 0.397 e. The molecule has 218 valence electrons. The molecule has 0 saturated heterocycles. The van der Waals surface area contributed by atoms with Gasteiger partial charge < -0.3 is 4.90 Å². The van der Waals surface area contributed by atoms with Crippen LogP contribution in [-0.4, -0.2) is 70.6 Å². The summed E-state index contributed by atoms with van der Waals surface area (Å²) in [7, 11) is -8.58. The van der Waals surface area contributed by atoms with Gasteiger partial charge in [-0.15, -0.1) is 8.67 Å². The van der Waals surface area contributed by atoms with E-state index in [-0.39, 0.29) is 18.1 Å². The highest BCUT2D eigenvalue weighted by atomic mass is 32.3. The van der Waals surface area contributed by atoms with Crippen molar-refractivity contribution in [1.82, 2.24) is 0 Å². The van der Waals surface area contributed by atoms with E-state index in [1.807, 2.05) is 4.90 Å². The zero-order chi connectivity index (χ0) is 28.6. The summed E-state index contributed by atoms with van der Waals surface area (Å²) >= 11 is 0.885. The summed E-state index contributed by atoms with van der Waals surface area (Å²) in [5.74, 6) is -0.650. The molecule has 0 bridgehead atoms. The monoisotopic (exact) mass is 633 g/mol. The van der Waals surface area contributed by atoms with Crippen LogP contribution in [0.25, 0.3) is 0 Å². The van der Waals surface area contributed by atoms with Gasteiger partial charge in [-0.3, -0.25) is 12.9 Å². The van der Waals surface area contributed by atoms with Crippen molar-refractivity contribution in [3.63, 3.8) is 0 Å². The van der Waals surface area contributed by atoms with Crippen molar-refractivity contribution in [2.45, 2.75) is 4.90 Å². The molecule has 0 atom stereocenters. The molecule has 3 N–H and O–H groups in total. The van der Waals surface area contributed by atoms with E-state index in [9.17, 15) is 16.8 Å². The van der Waals surface area contributed by atoms with Gasteiger partial charge in [-0.05, 0) is 48.5 Å². The molecule has 0 fully saturated rings. The van der Waals surface area contributed by atoms with Crippen molar-refractivity contribution in [2.24, 2.45) is 10.2 Å². The minimum atomic E-state index is -4.73. The third kappa shape index (κ3) is 13.8. The second-order valence-corrected chi connectivity index (χ2v) is 11.0. The van der Waals surface area contributed by atoms with Gasteiger partial charge in [0.05, 0.1) is 41.8 Å². The number of anilines is 1. The van der Waals surface area contributed by atoms with Crippen molar-refractivity contribution in [3.05, 3.63) is 48.5 Å². The Balaban J connectivity index is 1.97. The van der Waals surface area contributed by atoms with E-state index in [1.54, 1.807) is 24.3 Å². The van der Waals surface area contributed by atoms with Crippen molar-refractivity contribution in [2.75, 3.05) is 43.6 Å². The van der Waals surface area contributed by atoms with E-state index in [2.05, 4.69) is 33.2 Å². The molecule has 0 aromatic heterocycles. The minimum absolute atomic E-state index is 0.0829. The highest BCUT2D eigenvalue weighted by molar-refractivity contribution is 7.91. The van der Waals surface area contributed by atoms with Crippen LogP contribution in [0, 0.1) is 0 Å². The summed E-state index contributed by atoms with van der Waals surface area (Å²) in [5, 5.41) is 31.3. The Morgan fingerprint density at radius 1 is 0.744 bits per heavy atom. The fourth-order valence-electron chi connectivity index (χ4n) is 2.73. The molecule has 0 amide bonds. The number of nitrogens with zero attached hydrogens (tertiary/aromatic N) is 3. The zero-order valence-corrected chi connectivity index (χ0v) is 22.9. The molecule has 39 heavy (non-hydrogen) atoms. The molecule has 2 aromatic rings. The first-order valence-electron chi connectivity index (χ1n) is 10.4. The summed E-state index contributed by atoms with van der Waals surface area (Å²) in [4.78, 5) is 1.79. The molecule has 0 aliphatic carbocycles. The van der Waals surface area contributed by atoms with Crippen LogP contribution in [0.15, 0.2) is 63.7 Å². The maximum absolute atomic E-state index is 12.2. The normalized spacial score (nSPS) is 12.3. The average Bonchev–Trinajstić information content (AvgIpc) is 2.90. The van der Waals surface area contributed by atoms with Gasteiger partial charge in [0.15, 0.2) is 34.5 Å². The number of hydrogen-bond donors (Lipinski definition) is 3. The zero-order valence-electron chi connectivity index (χ0n) is 19.7. The molecule has 0 aliphatic rings. The van der Waals surface area contributed by atoms with Gasteiger partial charge in [-0.2, -0.15) is 18.6 Å². The van der Waals surface area contributed by atoms with Crippen LogP contribution in [0.2, 0.25) is 0 Å². The lowest BCUT2D eigenvalue weighted by atomic mass is 10.2. The number of benzene rings is 2. The molecule has 0 saturated carbocycles. The van der Waals surface area contributed by atoms with Gasteiger partial charge in [0.1, 0.15) is 0 Å². The number of azo groups is 1. The fourth-order valence-corrected chi connectivity index (χ4v) is 4.63. The first-order chi connectivity index (χ1) is 18.6.